The number of amides is 2. The molecule has 1 aromatic heterocycles. The minimum atomic E-state index is -0.823. The molecule has 2 unspecified atom stereocenters. The van der Waals surface area contributed by atoms with Crippen LogP contribution >= 0.6 is 0 Å². The van der Waals surface area contributed by atoms with Gasteiger partial charge in [-0.3, -0.25) is 14.6 Å². The fraction of sp³-hybridized carbons (Fsp3) is 0.263. The molecule has 140 valence electrons. The molecule has 0 aliphatic carbocycles. The molecule has 1 aliphatic rings. The summed E-state index contributed by atoms with van der Waals surface area (Å²) < 4.78 is 13.0. The van der Waals surface area contributed by atoms with Gasteiger partial charge in [-0.2, -0.15) is 0 Å². The number of hydrogen-bond donors (Lipinski definition) is 2. The quantitative estimate of drug-likeness (QED) is 0.807. The van der Waals surface area contributed by atoms with Crippen LogP contribution in [0.1, 0.15) is 24.6 Å². The highest BCUT2D eigenvalue weighted by atomic mass is 19.1. The average Bonchev–Trinajstić information content (AvgIpc) is 3.17. The van der Waals surface area contributed by atoms with Crippen LogP contribution in [0.5, 0.6) is 0 Å². The van der Waals surface area contributed by atoms with Gasteiger partial charge in [0.1, 0.15) is 11.9 Å². The highest BCUT2D eigenvalue weighted by Gasteiger charge is 2.30. The standard InChI is InChI=1S/C19H19FN4O3/c1-12(18(25)22-11-15-4-2-3-9-21-15)23-19(26)17-10-16(24-27-17)13-5-7-14(20)8-6-13/h2-9,12,17H,10-11H2,1H3,(H,22,25)(H,23,26). The van der Waals surface area contributed by atoms with E-state index in [-0.39, 0.29) is 24.7 Å². The lowest BCUT2D eigenvalue weighted by molar-refractivity contribution is -0.135. The van der Waals surface area contributed by atoms with Gasteiger partial charge in [0.2, 0.25) is 12.0 Å². The molecule has 0 fully saturated rings. The molecule has 0 spiro atoms. The first kappa shape index (κ1) is 18.5. The predicted octanol–water partition coefficient (Wildman–Crippen LogP) is 1.53. The van der Waals surface area contributed by atoms with E-state index >= 15 is 0 Å². The van der Waals surface area contributed by atoms with Crippen molar-refractivity contribution < 1.29 is 18.8 Å². The molecule has 0 bridgehead atoms. The van der Waals surface area contributed by atoms with Gasteiger partial charge in [0, 0.05) is 12.6 Å². The highest BCUT2D eigenvalue weighted by molar-refractivity contribution is 6.04. The van der Waals surface area contributed by atoms with Crippen molar-refractivity contribution in [1.29, 1.82) is 0 Å². The monoisotopic (exact) mass is 370 g/mol. The smallest absolute Gasteiger partial charge is 0.264 e. The van der Waals surface area contributed by atoms with Crippen LogP contribution in [0.4, 0.5) is 4.39 Å². The molecule has 27 heavy (non-hydrogen) atoms. The minimum absolute atomic E-state index is 0.250. The Labute approximate surface area is 155 Å². The number of carbonyl (C=O) groups excluding carboxylic acids is 2. The molecular formula is C19H19FN4O3. The van der Waals surface area contributed by atoms with E-state index in [4.69, 9.17) is 4.84 Å². The number of aromatic nitrogens is 1. The van der Waals surface area contributed by atoms with Crippen molar-refractivity contribution in [2.24, 2.45) is 5.16 Å². The zero-order valence-electron chi connectivity index (χ0n) is 14.7. The number of benzene rings is 1. The van der Waals surface area contributed by atoms with Crippen LogP contribution in [-0.2, 0) is 21.0 Å². The Hall–Kier alpha value is -3.29. The number of nitrogens with one attached hydrogen (secondary N) is 2. The normalized spacial score (nSPS) is 16.8. The maximum atomic E-state index is 13.0. The number of rotatable bonds is 6. The number of oxime groups is 1. The summed E-state index contributed by atoms with van der Waals surface area (Å²) in [5.41, 5.74) is 1.97. The zero-order valence-corrected chi connectivity index (χ0v) is 14.7. The molecule has 2 heterocycles. The molecule has 0 radical (unpaired) electrons. The van der Waals surface area contributed by atoms with Crippen LogP contribution in [0.2, 0.25) is 0 Å². The fourth-order valence-corrected chi connectivity index (χ4v) is 2.54. The van der Waals surface area contributed by atoms with E-state index in [0.717, 1.165) is 5.69 Å². The minimum Gasteiger partial charge on any atom is -0.382 e. The SMILES string of the molecule is CC(NC(=O)C1CC(c2ccc(F)cc2)=NO1)C(=O)NCc1ccccn1. The zero-order chi connectivity index (χ0) is 19.2. The van der Waals surface area contributed by atoms with Crippen LogP contribution in [0.3, 0.4) is 0 Å². The average molecular weight is 370 g/mol. The molecule has 0 saturated carbocycles. The molecular weight excluding hydrogens is 351 g/mol. The summed E-state index contributed by atoms with van der Waals surface area (Å²) in [5.74, 6) is -1.11. The Morgan fingerprint density at radius 2 is 2.04 bits per heavy atom. The first-order valence-corrected chi connectivity index (χ1v) is 8.49. The van der Waals surface area contributed by atoms with Gasteiger partial charge in [-0.05, 0) is 36.8 Å². The van der Waals surface area contributed by atoms with Gasteiger partial charge in [0.15, 0.2) is 0 Å². The van der Waals surface area contributed by atoms with Crippen LogP contribution in [0, 0.1) is 5.82 Å². The molecule has 1 aromatic carbocycles. The second kappa shape index (κ2) is 8.39. The van der Waals surface area contributed by atoms with Gasteiger partial charge in [-0.25, -0.2) is 4.39 Å². The van der Waals surface area contributed by atoms with Crippen LogP contribution in [0.25, 0.3) is 0 Å². The first-order valence-electron chi connectivity index (χ1n) is 8.49. The van der Waals surface area contributed by atoms with Gasteiger partial charge in [0.05, 0.1) is 18.0 Å². The van der Waals surface area contributed by atoms with Crippen molar-refractivity contribution in [2.45, 2.75) is 32.0 Å². The maximum Gasteiger partial charge on any atom is 0.264 e. The van der Waals surface area contributed by atoms with Gasteiger partial charge in [-0.15, -0.1) is 0 Å². The molecule has 2 aromatic rings. The van der Waals surface area contributed by atoms with Crippen molar-refractivity contribution in [3.63, 3.8) is 0 Å². The van der Waals surface area contributed by atoms with Gasteiger partial charge >= 0.3 is 0 Å². The van der Waals surface area contributed by atoms with E-state index in [1.165, 1.54) is 12.1 Å². The Morgan fingerprint density at radius 3 is 2.74 bits per heavy atom. The maximum absolute atomic E-state index is 13.0. The summed E-state index contributed by atoms with van der Waals surface area (Å²) in [5, 5.41) is 9.21. The van der Waals surface area contributed by atoms with Crippen molar-refractivity contribution in [3.8, 4) is 0 Å². The fourth-order valence-electron chi connectivity index (χ4n) is 2.54. The molecule has 1 aliphatic heterocycles. The molecule has 7 nitrogen and oxygen atoms in total. The van der Waals surface area contributed by atoms with E-state index in [0.29, 0.717) is 11.3 Å². The summed E-state index contributed by atoms with van der Waals surface area (Å²) in [6, 6.07) is 10.5. The van der Waals surface area contributed by atoms with Crippen molar-refractivity contribution in [3.05, 3.63) is 65.7 Å². The van der Waals surface area contributed by atoms with Gasteiger partial charge < -0.3 is 15.5 Å². The van der Waals surface area contributed by atoms with E-state index in [9.17, 15) is 14.0 Å². The van der Waals surface area contributed by atoms with E-state index in [1.54, 1.807) is 37.4 Å². The number of carbonyl (C=O) groups is 2. The number of pyridine rings is 1. The van der Waals surface area contributed by atoms with E-state index in [2.05, 4.69) is 20.8 Å². The molecule has 2 amide bonds. The van der Waals surface area contributed by atoms with Crippen molar-refractivity contribution >= 4 is 17.5 Å². The number of nitrogens with zero attached hydrogens (tertiary/aromatic N) is 2. The third-order valence-electron chi connectivity index (χ3n) is 4.06. The second-order valence-electron chi connectivity index (χ2n) is 6.11. The van der Waals surface area contributed by atoms with Crippen LogP contribution in [0.15, 0.2) is 53.8 Å². The largest absolute Gasteiger partial charge is 0.382 e. The Morgan fingerprint density at radius 1 is 1.26 bits per heavy atom. The summed E-state index contributed by atoms with van der Waals surface area (Å²) in [7, 11) is 0. The van der Waals surface area contributed by atoms with Crippen molar-refractivity contribution in [1.82, 2.24) is 15.6 Å². The molecule has 8 heteroatoms. The lowest BCUT2D eigenvalue weighted by Gasteiger charge is -2.16. The molecule has 3 rings (SSSR count). The van der Waals surface area contributed by atoms with Gasteiger partial charge in [0.25, 0.3) is 5.91 Å². The Kier molecular flexibility index (Phi) is 5.75. The lowest BCUT2D eigenvalue weighted by Crippen LogP contribution is -2.48. The number of halogens is 1. The highest BCUT2D eigenvalue weighted by Crippen LogP contribution is 2.17. The Bertz CT molecular complexity index is 840. The number of hydrogen-bond acceptors (Lipinski definition) is 5. The summed E-state index contributed by atoms with van der Waals surface area (Å²) >= 11 is 0. The first-order chi connectivity index (χ1) is 13.0. The van der Waals surface area contributed by atoms with Gasteiger partial charge in [-0.1, -0.05) is 23.4 Å². The summed E-state index contributed by atoms with van der Waals surface area (Å²) in [4.78, 5) is 33.7. The lowest BCUT2D eigenvalue weighted by atomic mass is 10.0. The third-order valence-corrected chi connectivity index (χ3v) is 4.06. The second-order valence-corrected chi connectivity index (χ2v) is 6.11. The van der Waals surface area contributed by atoms with Crippen molar-refractivity contribution in [2.75, 3.05) is 0 Å². The Balaban J connectivity index is 1.47. The summed E-state index contributed by atoms with van der Waals surface area (Å²) in [6.45, 7) is 1.86. The third kappa shape index (κ3) is 4.87. The summed E-state index contributed by atoms with van der Waals surface area (Å²) in [6.07, 6.45) is 1.07. The molecule has 2 N–H and O–H groups in total. The van der Waals surface area contributed by atoms with Crippen LogP contribution < -0.4 is 10.6 Å². The van der Waals surface area contributed by atoms with Crippen LogP contribution in [-0.4, -0.2) is 34.7 Å². The topological polar surface area (TPSA) is 92.7 Å². The van der Waals surface area contributed by atoms with E-state index < -0.39 is 18.1 Å². The molecule has 0 saturated heterocycles. The van der Waals surface area contributed by atoms with E-state index in [1.807, 2.05) is 6.07 Å². The predicted molar refractivity (Wildman–Crippen MR) is 96.1 cm³/mol. The molecule has 2 atom stereocenters.